The maximum Gasteiger partial charge on any atom is 0.243 e. The summed E-state index contributed by atoms with van der Waals surface area (Å²) in [5.74, 6) is 2.16. The molecule has 20 rings (SSSR count). The van der Waals surface area contributed by atoms with Gasteiger partial charge in [-0.25, -0.2) is 8.78 Å². The molecular weight excluding hydrogens is 1740 g/mol. The molecule has 126 heavy (non-hydrogen) atoms. The number of hydrogen-bond donors (Lipinski definition) is 1. The van der Waals surface area contributed by atoms with Gasteiger partial charge in [-0.3, -0.25) is 48.2 Å². The number of fused-ring (bicyclic) bond motifs is 8. The van der Waals surface area contributed by atoms with E-state index in [1.54, 1.807) is 54.6 Å². The molecule has 8 aromatic carbocycles. The SMILES string of the molecule is CC(C)(C)c1ccc(OCC(O)CN2CCC3(CC2)CSC2=C(O3)c3ccccc3C(=O)C2=O)cc1.COc1ccc2c(c1)C(=O)C(=O)C1=C2OC2(CCN(Cc3ccc(F)cc3)CC2)CS1.O=C1C(=O)c2ccc(Br)cc2C2=C1SCC1(CCN(Cc3ccc(F)cc3)CC1)O2.O=C1C(=O)c2ccccc2C2=C1SCC1(CCN(CCc3ccccc3)CC1)O2. The molecule has 0 bridgehead atoms. The van der Waals surface area contributed by atoms with Crippen LogP contribution in [0.5, 0.6) is 11.5 Å². The van der Waals surface area contributed by atoms with Crippen LogP contribution >= 0.6 is 63.0 Å². The molecule has 0 saturated carbocycles. The summed E-state index contributed by atoms with van der Waals surface area (Å²) in [6, 6.07) is 56.9. The Labute approximate surface area is 756 Å². The van der Waals surface area contributed by atoms with Crippen LogP contribution in [0.15, 0.2) is 212 Å². The molecule has 652 valence electrons. The van der Waals surface area contributed by atoms with E-state index in [0.717, 1.165) is 162 Å². The first kappa shape index (κ1) is 88.4. The number of aliphatic hydroxyl groups is 1. The Morgan fingerprint density at radius 1 is 0.397 bits per heavy atom. The van der Waals surface area contributed by atoms with Gasteiger partial charge in [0.1, 0.15) is 101 Å². The van der Waals surface area contributed by atoms with Crippen molar-refractivity contribution in [1.82, 2.24) is 19.6 Å². The van der Waals surface area contributed by atoms with Crippen LogP contribution in [0.2, 0.25) is 0 Å². The van der Waals surface area contributed by atoms with Gasteiger partial charge in [0.25, 0.3) is 0 Å². The van der Waals surface area contributed by atoms with Gasteiger partial charge in [0.2, 0.25) is 46.3 Å². The number of methoxy groups -OCH3 is 1. The molecule has 0 aromatic heterocycles. The Balaban J connectivity index is 0.000000119. The highest BCUT2D eigenvalue weighted by Gasteiger charge is 2.51. The van der Waals surface area contributed by atoms with Gasteiger partial charge in [-0.05, 0) is 107 Å². The summed E-state index contributed by atoms with van der Waals surface area (Å²) < 4.78 is 64.3. The zero-order valence-corrected chi connectivity index (χ0v) is 75.4. The number of rotatable bonds is 13. The van der Waals surface area contributed by atoms with Crippen LogP contribution in [0.4, 0.5) is 8.78 Å². The maximum absolute atomic E-state index is 13.2. The molecule has 4 saturated heterocycles. The first-order valence-corrected chi connectivity index (χ1v) is 47.6. The van der Waals surface area contributed by atoms with E-state index >= 15 is 0 Å². The fraction of sp³-hybridized carbons (Fsp3) is 0.360. The summed E-state index contributed by atoms with van der Waals surface area (Å²) >= 11 is 9.30. The normalized spacial score (nSPS) is 20.6. The van der Waals surface area contributed by atoms with Gasteiger partial charge >= 0.3 is 0 Å². The molecule has 4 spiro atoms. The smallest absolute Gasteiger partial charge is 0.243 e. The van der Waals surface area contributed by atoms with Crippen molar-refractivity contribution < 1.29 is 80.7 Å². The summed E-state index contributed by atoms with van der Waals surface area (Å²) in [5, 5.41) is 10.6. The molecule has 4 aliphatic carbocycles. The van der Waals surface area contributed by atoms with E-state index in [1.165, 1.54) is 89.5 Å². The van der Waals surface area contributed by atoms with Gasteiger partial charge in [-0.2, -0.15) is 0 Å². The van der Waals surface area contributed by atoms with Crippen LogP contribution in [-0.4, -0.2) is 202 Å². The fourth-order valence-electron chi connectivity index (χ4n) is 18.0. The Morgan fingerprint density at radius 3 is 1.17 bits per heavy atom. The molecule has 12 aliphatic rings. The minimum atomic E-state index is -0.592. The second-order valence-electron chi connectivity index (χ2n) is 35.2. The lowest BCUT2D eigenvalue weighted by Crippen LogP contribution is -2.51. The number of aliphatic hydroxyl groups excluding tert-OH is 1. The highest BCUT2D eigenvalue weighted by atomic mass is 79.9. The van der Waals surface area contributed by atoms with E-state index in [-0.39, 0.29) is 46.1 Å². The molecule has 0 radical (unpaired) electrons. The highest BCUT2D eigenvalue weighted by molar-refractivity contribution is 9.10. The Kier molecular flexibility index (Phi) is 26.1. The first-order chi connectivity index (χ1) is 60.7. The third-order valence-electron chi connectivity index (χ3n) is 25.6. The van der Waals surface area contributed by atoms with Crippen LogP contribution in [0.25, 0.3) is 23.0 Å². The number of allylic oxidation sites excluding steroid dienone is 4. The van der Waals surface area contributed by atoms with Gasteiger partial charge in [0.15, 0.2) is 0 Å². The molecule has 0 amide bonds. The van der Waals surface area contributed by atoms with Crippen molar-refractivity contribution in [2.75, 3.05) is 102 Å². The van der Waals surface area contributed by atoms with E-state index in [9.17, 15) is 52.2 Å². The first-order valence-electron chi connectivity index (χ1n) is 42.8. The minimum Gasteiger partial charge on any atom is -0.497 e. The number of Topliss-reactive ketones (excluding diaryl/α,β-unsaturated/α-hetero) is 8. The molecule has 8 aromatic rings. The van der Waals surface area contributed by atoms with Crippen molar-refractivity contribution >= 4 is 132 Å². The van der Waals surface area contributed by atoms with Crippen LogP contribution < -0.4 is 9.47 Å². The van der Waals surface area contributed by atoms with Gasteiger partial charge in [0, 0.05) is 202 Å². The van der Waals surface area contributed by atoms with E-state index in [0.29, 0.717) is 111 Å². The third-order valence-corrected chi connectivity index (χ3v) is 31.4. The fourth-order valence-corrected chi connectivity index (χ4v) is 23.4. The number of nitrogens with zero attached hydrogens (tertiary/aromatic N) is 4. The number of piperidine rings is 4. The number of ether oxygens (including phenoxy) is 6. The number of likely N-dealkylation sites (tertiary alicyclic amines) is 4. The average molecular weight is 1840 g/mol. The molecule has 4 fully saturated rings. The third kappa shape index (κ3) is 19.0. The van der Waals surface area contributed by atoms with Crippen molar-refractivity contribution in [2.24, 2.45) is 0 Å². The lowest BCUT2D eigenvalue weighted by Gasteiger charge is -2.45. The van der Waals surface area contributed by atoms with Crippen molar-refractivity contribution in [3.8, 4) is 11.5 Å². The van der Waals surface area contributed by atoms with Gasteiger partial charge < -0.3 is 43.3 Å². The maximum atomic E-state index is 13.2. The largest absolute Gasteiger partial charge is 0.497 e. The highest BCUT2D eigenvalue weighted by Crippen LogP contribution is 2.53. The van der Waals surface area contributed by atoms with Crippen LogP contribution in [0, 0.1) is 11.6 Å². The topological polar surface area (TPSA) is 225 Å². The van der Waals surface area contributed by atoms with Crippen LogP contribution in [0.3, 0.4) is 0 Å². The average Bonchev–Trinajstić information content (AvgIpc) is 0.755. The quantitative estimate of drug-likeness (QED) is 0.106. The second kappa shape index (κ2) is 37.2. The van der Waals surface area contributed by atoms with Crippen molar-refractivity contribution in [2.45, 2.75) is 126 Å². The monoisotopic (exact) mass is 1840 g/mol. The molecule has 8 heterocycles. The molecule has 1 N–H and O–H groups in total. The number of carbonyl (C=O) groups is 8. The molecule has 1 unspecified atom stereocenters. The van der Waals surface area contributed by atoms with Gasteiger partial charge in [0.05, 0.1) is 7.11 Å². The standard InChI is InChI=1S/C29H33NO5S.C24H22FNO4S.C24H23NO3S.C23H19BrFNO3S/c1-28(2,3)19-8-10-21(11-9-19)34-17-20(31)16-30-14-12-29(13-15-30)18-36-27-25(33)24(32)22-6-4-5-7-23(22)26(27)35-29;1-29-17-6-7-18-19(12-17)20(27)21(28)23-22(18)30-24(14-31-23)8-10-26(11-9-24)13-15-2-4-16(25)5-3-15;26-20-18-8-4-5-9-19(18)22-23(21(20)27)29-16-24(28-22)11-14-25(15-12-24)13-10-17-6-2-1-3-7-17;24-15-3-6-17-18(11-15)21-22(20(28)19(17)27)30-13-23(29-21)7-9-26(10-8-23)12-14-1-4-16(25)5-2-14/h4-11,20,31H,12-18H2,1-3H3;2-7,12H,8-11,13-14H2,1H3;1-9H,10-16H2;1-6,11H,7-10,12-13H2. The molecule has 26 heteroatoms. The van der Waals surface area contributed by atoms with Crippen molar-refractivity contribution in [3.05, 3.63) is 291 Å². The zero-order valence-electron chi connectivity index (χ0n) is 70.6. The number of thioether (sulfide) groups is 4. The van der Waals surface area contributed by atoms with E-state index in [2.05, 4.69) is 98.8 Å². The Bertz CT molecular complexity index is 5740. The Morgan fingerprint density at radius 2 is 0.754 bits per heavy atom. The molecule has 19 nitrogen and oxygen atoms in total. The predicted molar refractivity (Wildman–Crippen MR) is 490 cm³/mol. The number of carbonyl (C=O) groups excluding carboxylic acids is 8. The number of β-amino-alcohol motifs (C(OH)–C–C–N with tert-alkyl or cyclic N) is 1. The lowest BCUT2D eigenvalue weighted by atomic mass is 9.87. The summed E-state index contributed by atoms with van der Waals surface area (Å²) in [7, 11) is 1.53. The molecule has 1 atom stereocenters. The number of hydrogen-bond acceptors (Lipinski definition) is 23. The Hall–Kier alpha value is -9.58. The lowest BCUT2D eigenvalue weighted by molar-refractivity contribution is -0.112. The zero-order chi connectivity index (χ0) is 87.8. The van der Waals surface area contributed by atoms with Crippen molar-refractivity contribution in [1.29, 1.82) is 0 Å². The number of halogens is 3. The number of ketones is 8. The summed E-state index contributed by atoms with van der Waals surface area (Å²) in [6.07, 6.45) is 7.26. The van der Waals surface area contributed by atoms with E-state index in [1.807, 2.05) is 66.7 Å². The van der Waals surface area contributed by atoms with Gasteiger partial charge in [-0.15, -0.1) is 47.0 Å². The predicted octanol–water partition coefficient (Wildman–Crippen LogP) is 17.3. The summed E-state index contributed by atoms with van der Waals surface area (Å²) in [4.78, 5) is 112. The van der Waals surface area contributed by atoms with Crippen molar-refractivity contribution in [3.63, 3.8) is 0 Å². The summed E-state index contributed by atoms with van der Waals surface area (Å²) in [6.45, 7) is 16.9. The van der Waals surface area contributed by atoms with Crippen LogP contribution in [-0.2, 0) is 63.1 Å². The second-order valence-corrected chi connectivity index (χ2v) is 40.0. The van der Waals surface area contributed by atoms with E-state index in [4.69, 9.17) is 28.4 Å². The van der Waals surface area contributed by atoms with Crippen LogP contribution in [0.1, 0.15) is 158 Å². The minimum absolute atomic E-state index is 0.0929. The summed E-state index contributed by atoms with van der Waals surface area (Å²) in [5.41, 5.74) is 8.05. The molecule has 8 aliphatic heterocycles. The van der Waals surface area contributed by atoms with E-state index < -0.39 is 52.4 Å². The number of benzene rings is 8. The molecular formula is C100H97BrF2N4O15S4. The van der Waals surface area contributed by atoms with Gasteiger partial charge in [-0.1, -0.05) is 152 Å².